The van der Waals surface area contributed by atoms with Crippen LogP contribution in [0.1, 0.15) is 29.8 Å². The molecule has 6 heteroatoms. The lowest BCUT2D eigenvalue weighted by Gasteiger charge is -2.20. The van der Waals surface area contributed by atoms with Crippen molar-refractivity contribution in [3.8, 4) is 5.75 Å². The number of carbonyl (C=O) groups excluding carboxylic acids is 2. The van der Waals surface area contributed by atoms with Crippen molar-refractivity contribution in [2.45, 2.75) is 20.4 Å². The first-order valence-corrected chi connectivity index (χ1v) is 8.39. The van der Waals surface area contributed by atoms with Gasteiger partial charge in [0.05, 0.1) is 19.3 Å². The standard InChI is InChI=1S/C20H23FN2O3/c1-4-23(12-15-9-10-19(26-3)17(21)11-15)13-20(25)22-18-8-6-5-7-16(18)14(2)24/h5-11H,4,12-13H2,1-3H3,(H,22,25). The van der Waals surface area contributed by atoms with Crippen LogP contribution in [-0.2, 0) is 11.3 Å². The van der Waals surface area contributed by atoms with Gasteiger partial charge in [0.15, 0.2) is 17.3 Å². The fraction of sp³-hybridized carbons (Fsp3) is 0.300. The topological polar surface area (TPSA) is 58.6 Å². The number of methoxy groups -OCH3 is 1. The zero-order valence-electron chi connectivity index (χ0n) is 15.2. The second-order valence-corrected chi connectivity index (χ2v) is 5.92. The molecule has 0 unspecified atom stereocenters. The van der Waals surface area contributed by atoms with Crippen LogP contribution in [0.2, 0.25) is 0 Å². The minimum absolute atomic E-state index is 0.109. The van der Waals surface area contributed by atoms with E-state index in [1.807, 2.05) is 11.8 Å². The van der Waals surface area contributed by atoms with Crippen molar-refractivity contribution >= 4 is 17.4 Å². The minimum Gasteiger partial charge on any atom is -0.494 e. The number of ketones is 1. The van der Waals surface area contributed by atoms with Gasteiger partial charge in [0.25, 0.3) is 0 Å². The van der Waals surface area contributed by atoms with Crippen molar-refractivity contribution in [1.29, 1.82) is 0 Å². The van der Waals surface area contributed by atoms with Gasteiger partial charge in [-0.15, -0.1) is 0 Å². The summed E-state index contributed by atoms with van der Waals surface area (Å²) < 4.78 is 18.7. The predicted octanol–water partition coefficient (Wildman–Crippen LogP) is 3.50. The molecular weight excluding hydrogens is 335 g/mol. The molecule has 26 heavy (non-hydrogen) atoms. The maximum atomic E-state index is 13.8. The number of hydrogen-bond donors (Lipinski definition) is 1. The summed E-state index contributed by atoms with van der Waals surface area (Å²) in [7, 11) is 1.42. The molecule has 0 saturated carbocycles. The van der Waals surface area contributed by atoms with Crippen LogP contribution < -0.4 is 10.1 Å². The van der Waals surface area contributed by atoms with Crippen molar-refractivity contribution in [1.82, 2.24) is 4.90 Å². The maximum absolute atomic E-state index is 13.8. The molecule has 0 spiro atoms. The van der Waals surface area contributed by atoms with E-state index in [4.69, 9.17) is 4.74 Å². The Morgan fingerprint density at radius 1 is 1.19 bits per heavy atom. The fourth-order valence-electron chi connectivity index (χ4n) is 2.64. The number of anilines is 1. The number of hydrogen-bond acceptors (Lipinski definition) is 4. The van der Waals surface area contributed by atoms with E-state index in [0.717, 1.165) is 5.56 Å². The Kier molecular flexibility index (Phi) is 6.86. The first kappa shape index (κ1) is 19.6. The van der Waals surface area contributed by atoms with Gasteiger partial charge in [0.2, 0.25) is 5.91 Å². The first-order chi connectivity index (χ1) is 12.4. The summed E-state index contributed by atoms with van der Waals surface area (Å²) in [5.74, 6) is -0.576. The van der Waals surface area contributed by atoms with Gasteiger partial charge in [-0.2, -0.15) is 0 Å². The summed E-state index contributed by atoms with van der Waals surface area (Å²) >= 11 is 0. The molecule has 138 valence electrons. The lowest BCUT2D eigenvalue weighted by atomic mass is 10.1. The highest BCUT2D eigenvalue weighted by atomic mass is 19.1. The first-order valence-electron chi connectivity index (χ1n) is 8.39. The molecule has 0 fully saturated rings. The Balaban J connectivity index is 2.02. The molecule has 0 saturated heterocycles. The minimum atomic E-state index is -0.430. The average molecular weight is 358 g/mol. The normalized spacial score (nSPS) is 10.7. The largest absolute Gasteiger partial charge is 0.494 e. The van der Waals surface area contributed by atoms with Crippen LogP contribution in [-0.4, -0.2) is 36.8 Å². The van der Waals surface area contributed by atoms with Crippen molar-refractivity contribution < 1.29 is 18.7 Å². The van der Waals surface area contributed by atoms with Gasteiger partial charge in [0.1, 0.15) is 0 Å². The summed E-state index contributed by atoms with van der Waals surface area (Å²) in [6, 6.07) is 11.6. The van der Waals surface area contributed by atoms with E-state index in [9.17, 15) is 14.0 Å². The van der Waals surface area contributed by atoms with Crippen molar-refractivity contribution in [3.05, 3.63) is 59.4 Å². The summed E-state index contributed by atoms with van der Waals surface area (Å²) in [4.78, 5) is 25.9. The summed E-state index contributed by atoms with van der Waals surface area (Å²) in [6.07, 6.45) is 0. The van der Waals surface area contributed by atoms with Gasteiger partial charge in [-0.3, -0.25) is 14.5 Å². The zero-order chi connectivity index (χ0) is 19.1. The highest BCUT2D eigenvalue weighted by Gasteiger charge is 2.14. The Bertz CT molecular complexity index is 792. The molecule has 0 aliphatic carbocycles. The SMILES string of the molecule is CCN(CC(=O)Nc1ccccc1C(C)=O)Cc1ccc(OC)c(F)c1. The van der Waals surface area contributed by atoms with Crippen molar-refractivity contribution in [2.75, 3.05) is 25.5 Å². The van der Waals surface area contributed by atoms with Crippen LogP contribution in [0.25, 0.3) is 0 Å². The average Bonchev–Trinajstić information content (AvgIpc) is 2.61. The Morgan fingerprint density at radius 2 is 1.92 bits per heavy atom. The molecule has 1 N–H and O–H groups in total. The van der Waals surface area contributed by atoms with Crippen LogP contribution >= 0.6 is 0 Å². The second-order valence-electron chi connectivity index (χ2n) is 5.92. The predicted molar refractivity (Wildman–Crippen MR) is 99.0 cm³/mol. The molecule has 5 nitrogen and oxygen atoms in total. The smallest absolute Gasteiger partial charge is 0.238 e. The number of likely N-dealkylation sites (N-methyl/N-ethyl adjacent to an activating group) is 1. The zero-order valence-corrected chi connectivity index (χ0v) is 15.2. The number of nitrogens with zero attached hydrogens (tertiary/aromatic N) is 1. The van der Waals surface area contributed by atoms with E-state index >= 15 is 0 Å². The molecule has 0 atom stereocenters. The molecule has 2 aromatic carbocycles. The van der Waals surface area contributed by atoms with Crippen LogP contribution in [0.3, 0.4) is 0 Å². The van der Waals surface area contributed by atoms with Gasteiger partial charge in [-0.25, -0.2) is 4.39 Å². The number of ether oxygens (including phenoxy) is 1. The number of Topliss-reactive ketones (excluding diaryl/α,β-unsaturated/α-hetero) is 1. The number of rotatable bonds is 8. The van der Waals surface area contributed by atoms with Gasteiger partial charge < -0.3 is 10.1 Å². The van der Waals surface area contributed by atoms with Gasteiger partial charge >= 0.3 is 0 Å². The number of nitrogens with one attached hydrogen (secondary N) is 1. The molecule has 0 radical (unpaired) electrons. The van der Waals surface area contributed by atoms with E-state index < -0.39 is 5.82 Å². The molecule has 0 aromatic heterocycles. The summed E-state index contributed by atoms with van der Waals surface area (Å²) in [6.45, 7) is 4.57. The number of halogens is 1. The quantitative estimate of drug-likeness (QED) is 0.734. The van der Waals surface area contributed by atoms with Crippen LogP contribution in [0.15, 0.2) is 42.5 Å². The molecule has 0 heterocycles. The van der Waals surface area contributed by atoms with Crippen LogP contribution in [0.4, 0.5) is 10.1 Å². The molecule has 2 rings (SSSR count). The fourth-order valence-corrected chi connectivity index (χ4v) is 2.64. The maximum Gasteiger partial charge on any atom is 0.238 e. The van der Waals surface area contributed by atoms with Crippen molar-refractivity contribution in [2.24, 2.45) is 0 Å². The number of benzene rings is 2. The molecule has 2 aromatic rings. The third kappa shape index (κ3) is 5.13. The lowest BCUT2D eigenvalue weighted by Crippen LogP contribution is -2.33. The Labute approximate surface area is 152 Å². The molecular formula is C20H23FN2O3. The van der Waals surface area contributed by atoms with E-state index in [-0.39, 0.29) is 24.0 Å². The molecule has 0 aliphatic heterocycles. The molecule has 0 aliphatic rings. The van der Waals surface area contributed by atoms with E-state index in [2.05, 4.69) is 5.32 Å². The van der Waals surface area contributed by atoms with Gasteiger partial charge in [-0.05, 0) is 43.3 Å². The monoisotopic (exact) mass is 358 g/mol. The highest BCUT2D eigenvalue weighted by molar-refractivity contribution is 6.04. The molecule has 1 amide bonds. The van der Waals surface area contributed by atoms with E-state index in [1.54, 1.807) is 36.4 Å². The van der Waals surface area contributed by atoms with E-state index in [0.29, 0.717) is 24.3 Å². The van der Waals surface area contributed by atoms with Crippen LogP contribution in [0, 0.1) is 5.82 Å². The van der Waals surface area contributed by atoms with Crippen LogP contribution in [0.5, 0.6) is 5.75 Å². The summed E-state index contributed by atoms with van der Waals surface area (Å²) in [5.41, 5.74) is 1.72. The number of carbonyl (C=O) groups is 2. The molecule has 0 bridgehead atoms. The Hall–Kier alpha value is -2.73. The second kappa shape index (κ2) is 9.10. The van der Waals surface area contributed by atoms with E-state index in [1.165, 1.54) is 20.1 Å². The lowest BCUT2D eigenvalue weighted by molar-refractivity contribution is -0.117. The number of amides is 1. The highest BCUT2D eigenvalue weighted by Crippen LogP contribution is 2.19. The third-order valence-corrected chi connectivity index (χ3v) is 4.02. The van der Waals surface area contributed by atoms with Gasteiger partial charge in [-0.1, -0.05) is 25.1 Å². The number of para-hydroxylation sites is 1. The summed E-state index contributed by atoms with van der Waals surface area (Å²) in [5, 5.41) is 2.78. The Morgan fingerprint density at radius 3 is 2.54 bits per heavy atom. The third-order valence-electron chi connectivity index (χ3n) is 4.02. The van der Waals surface area contributed by atoms with Crippen molar-refractivity contribution in [3.63, 3.8) is 0 Å². The van der Waals surface area contributed by atoms with Gasteiger partial charge in [0, 0.05) is 12.1 Å².